The molecule has 0 saturated carbocycles. The molecule has 0 atom stereocenters. The first-order valence-corrected chi connectivity index (χ1v) is 4.36. The predicted molar refractivity (Wildman–Crippen MR) is 50.1 cm³/mol. The zero-order valence-corrected chi connectivity index (χ0v) is 8.42. The van der Waals surface area contributed by atoms with Crippen LogP contribution < -0.4 is 0 Å². The number of alkyl halides is 3. The van der Waals surface area contributed by atoms with E-state index in [1.807, 2.05) is 6.08 Å². The van der Waals surface area contributed by atoms with E-state index in [1.54, 1.807) is 12.2 Å². The lowest BCUT2D eigenvalue weighted by atomic mass is 10.3. The first-order chi connectivity index (χ1) is 5.02. The summed E-state index contributed by atoms with van der Waals surface area (Å²) in [4.78, 5) is 0. The van der Waals surface area contributed by atoms with Crippen LogP contribution in [0.1, 0.15) is 0 Å². The van der Waals surface area contributed by atoms with Gasteiger partial charge in [-0.2, -0.15) is 0 Å². The number of nitrogens with zero attached hydrogens (tertiary/aromatic N) is 1. The molecule has 0 N–H and O–H groups in total. The molecule has 0 spiro atoms. The number of allylic oxidation sites excluding steroid dienone is 3. The standard InChI is InChI=1S/C6H5Cl4N/c7-6(8,9)5-3-1-2-4-11(5)10/h1-3H,4H2. The first-order valence-electron chi connectivity index (χ1n) is 2.89. The Kier molecular flexibility index (Phi) is 2.98. The molecular weight excluding hydrogens is 228 g/mol. The third-order valence-corrected chi connectivity index (χ3v) is 2.11. The van der Waals surface area contributed by atoms with Gasteiger partial charge in [-0.1, -0.05) is 47.0 Å². The lowest BCUT2D eigenvalue weighted by Crippen LogP contribution is -2.23. The van der Waals surface area contributed by atoms with Gasteiger partial charge in [0.1, 0.15) is 0 Å². The average molecular weight is 233 g/mol. The van der Waals surface area contributed by atoms with Crippen molar-refractivity contribution in [3.63, 3.8) is 0 Å². The molecule has 0 aliphatic carbocycles. The molecule has 5 heteroatoms. The molecule has 0 aromatic rings. The molecule has 0 radical (unpaired) electrons. The molecule has 0 saturated heterocycles. The Morgan fingerprint density at radius 2 is 2.00 bits per heavy atom. The molecule has 1 heterocycles. The SMILES string of the molecule is ClN1CC=CC=C1C(Cl)(Cl)Cl. The number of rotatable bonds is 0. The van der Waals surface area contributed by atoms with Crippen molar-refractivity contribution >= 4 is 46.6 Å². The fourth-order valence-electron chi connectivity index (χ4n) is 0.724. The number of hydrogen-bond donors (Lipinski definition) is 0. The van der Waals surface area contributed by atoms with E-state index in [9.17, 15) is 0 Å². The molecule has 0 fully saturated rings. The van der Waals surface area contributed by atoms with Crippen LogP contribution in [0.25, 0.3) is 0 Å². The Balaban J connectivity index is 2.84. The Morgan fingerprint density at radius 1 is 1.36 bits per heavy atom. The van der Waals surface area contributed by atoms with Crippen LogP contribution in [-0.4, -0.2) is 14.8 Å². The Bertz CT molecular complexity index is 203. The molecule has 0 aromatic carbocycles. The third-order valence-electron chi connectivity index (χ3n) is 1.21. The molecule has 0 aromatic heterocycles. The summed E-state index contributed by atoms with van der Waals surface area (Å²) in [6, 6.07) is 0. The smallest absolute Gasteiger partial charge is 0.231 e. The molecule has 1 aliphatic rings. The summed E-state index contributed by atoms with van der Waals surface area (Å²) in [5.74, 6) is 0. The van der Waals surface area contributed by atoms with Gasteiger partial charge in [0.15, 0.2) is 0 Å². The summed E-state index contributed by atoms with van der Waals surface area (Å²) >= 11 is 22.6. The van der Waals surface area contributed by atoms with Crippen molar-refractivity contribution in [3.8, 4) is 0 Å². The van der Waals surface area contributed by atoms with Crippen LogP contribution in [0.3, 0.4) is 0 Å². The summed E-state index contributed by atoms with van der Waals surface area (Å²) in [7, 11) is 0. The summed E-state index contributed by atoms with van der Waals surface area (Å²) in [5, 5.41) is 0. The predicted octanol–water partition coefficient (Wildman–Crippen LogP) is 3.27. The van der Waals surface area contributed by atoms with E-state index in [-0.39, 0.29) is 0 Å². The highest BCUT2D eigenvalue weighted by Crippen LogP contribution is 2.38. The minimum atomic E-state index is -1.44. The first kappa shape index (κ1) is 9.53. The van der Waals surface area contributed by atoms with Crippen molar-refractivity contribution < 1.29 is 0 Å². The lowest BCUT2D eigenvalue weighted by Gasteiger charge is -2.25. The van der Waals surface area contributed by atoms with Crippen LogP contribution >= 0.6 is 46.6 Å². The zero-order valence-electron chi connectivity index (χ0n) is 5.40. The average Bonchev–Trinajstić information content (AvgIpc) is 1.86. The van der Waals surface area contributed by atoms with Gasteiger partial charge in [0, 0.05) is 11.8 Å². The molecule has 1 rings (SSSR count). The quantitative estimate of drug-likeness (QED) is 0.458. The van der Waals surface area contributed by atoms with Crippen LogP contribution in [0.4, 0.5) is 0 Å². The third kappa shape index (κ3) is 2.45. The Hall–Kier alpha value is 0.440. The lowest BCUT2D eigenvalue weighted by molar-refractivity contribution is 0.597. The van der Waals surface area contributed by atoms with Crippen molar-refractivity contribution in [1.29, 1.82) is 0 Å². The fraction of sp³-hybridized carbons (Fsp3) is 0.333. The van der Waals surface area contributed by atoms with Crippen LogP contribution in [0.5, 0.6) is 0 Å². The molecular formula is C6H5Cl4N. The summed E-state index contributed by atoms with van der Waals surface area (Å²) in [5.41, 5.74) is 0.478. The highest BCUT2D eigenvalue weighted by molar-refractivity contribution is 6.69. The van der Waals surface area contributed by atoms with Gasteiger partial charge in [-0.15, -0.1) is 0 Å². The molecule has 0 amide bonds. The highest BCUT2D eigenvalue weighted by Gasteiger charge is 2.30. The van der Waals surface area contributed by atoms with Gasteiger partial charge in [0.25, 0.3) is 0 Å². The van der Waals surface area contributed by atoms with E-state index in [0.29, 0.717) is 12.2 Å². The maximum atomic E-state index is 5.73. The van der Waals surface area contributed by atoms with Gasteiger partial charge < -0.3 is 0 Å². The van der Waals surface area contributed by atoms with E-state index in [1.165, 1.54) is 4.42 Å². The molecule has 0 unspecified atom stereocenters. The van der Waals surface area contributed by atoms with Gasteiger partial charge in [-0.05, 0) is 6.08 Å². The van der Waals surface area contributed by atoms with Crippen LogP contribution in [0.2, 0.25) is 0 Å². The molecule has 62 valence electrons. The Labute approximate surface area is 85.3 Å². The second-order valence-electron chi connectivity index (χ2n) is 2.02. The molecule has 1 aliphatic heterocycles. The monoisotopic (exact) mass is 231 g/mol. The normalized spacial score (nSPS) is 18.5. The summed E-state index contributed by atoms with van der Waals surface area (Å²) in [6.45, 7) is 0.557. The van der Waals surface area contributed by atoms with E-state index >= 15 is 0 Å². The minimum absolute atomic E-state index is 0.478. The highest BCUT2D eigenvalue weighted by atomic mass is 35.6. The van der Waals surface area contributed by atoms with Crippen molar-refractivity contribution in [2.24, 2.45) is 0 Å². The molecule has 0 bridgehead atoms. The second kappa shape index (κ2) is 3.44. The Morgan fingerprint density at radius 3 is 2.36 bits per heavy atom. The van der Waals surface area contributed by atoms with Crippen LogP contribution in [-0.2, 0) is 0 Å². The minimum Gasteiger partial charge on any atom is -0.281 e. The van der Waals surface area contributed by atoms with Crippen molar-refractivity contribution in [1.82, 2.24) is 4.42 Å². The van der Waals surface area contributed by atoms with Gasteiger partial charge in [0.2, 0.25) is 3.79 Å². The van der Waals surface area contributed by atoms with Crippen molar-refractivity contribution in [2.45, 2.75) is 3.79 Å². The number of halogens is 4. The topological polar surface area (TPSA) is 3.24 Å². The zero-order chi connectivity index (χ0) is 8.48. The van der Waals surface area contributed by atoms with E-state index in [0.717, 1.165) is 0 Å². The van der Waals surface area contributed by atoms with E-state index in [4.69, 9.17) is 46.6 Å². The van der Waals surface area contributed by atoms with Crippen molar-refractivity contribution in [2.75, 3.05) is 6.54 Å². The maximum Gasteiger partial charge on any atom is 0.231 e. The second-order valence-corrected chi connectivity index (χ2v) is 4.71. The van der Waals surface area contributed by atoms with Gasteiger partial charge in [0.05, 0.1) is 12.2 Å². The van der Waals surface area contributed by atoms with E-state index in [2.05, 4.69) is 0 Å². The van der Waals surface area contributed by atoms with Gasteiger partial charge in [-0.3, -0.25) is 4.42 Å². The summed E-state index contributed by atoms with van der Waals surface area (Å²) in [6.07, 6.45) is 5.34. The fourth-order valence-corrected chi connectivity index (χ4v) is 1.61. The summed E-state index contributed by atoms with van der Waals surface area (Å²) < 4.78 is -0.0699. The largest absolute Gasteiger partial charge is 0.281 e. The van der Waals surface area contributed by atoms with Crippen LogP contribution in [0, 0.1) is 0 Å². The van der Waals surface area contributed by atoms with E-state index < -0.39 is 3.79 Å². The van der Waals surface area contributed by atoms with Gasteiger partial charge in [-0.25, -0.2) is 0 Å². The maximum absolute atomic E-state index is 5.73. The number of hydrogen-bond acceptors (Lipinski definition) is 1. The molecule has 11 heavy (non-hydrogen) atoms. The van der Waals surface area contributed by atoms with Crippen LogP contribution in [0.15, 0.2) is 23.9 Å². The molecule has 1 nitrogen and oxygen atoms in total. The van der Waals surface area contributed by atoms with Gasteiger partial charge >= 0.3 is 0 Å². The van der Waals surface area contributed by atoms with Crippen molar-refractivity contribution in [3.05, 3.63) is 23.9 Å².